The van der Waals surface area contributed by atoms with E-state index in [0.717, 1.165) is 24.5 Å². The van der Waals surface area contributed by atoms with Crippen LogP contribution in [0.5, 0.6) is 11.5 Å². The van der Waals surface area contributed by atoms with Gasteiger partial charge < -0.3 is 15.0 Å². The molecule has 152 valence electrons. The average molecular weight is 418 g/mol. The highest BCUT2D eigenvalue weighted by Crippen LogP contribution is 2.34. The molecule has 0 saturated carbocycles. The van der Waals surface area contributed by atoms with E-state index in [4.69, 9.17) is 17.0 Å². The first-order valence-electron chi connectivity index (χ1n) is 9.98. The van der Waals surface area contributed by atoms with Crippen molar-refractivity contribution in [2.75, 3.05) is 23.3 Å². The van der Waals surface area contributed by atoms with Crippen molar-refractivity contribution in [1.82, 2.24) is 5.32 Å². The van der Waals surface area contributed by atoms with Crippen molar-refractivity contribution in [3.05, 3.63) is 84.4 Å². The minimum atomic E-state index is -0.255. The number of para-hydroxylation sites is 1. The molecular formula is C24H23N3O2S. The van der Waals surface area contributed by atoms with E-state index in [1.54, 1.807) is 12.1 Å². The summed E-state index contributed by atoms with van der Waals surface area (Å²) in [5.41, 5.74) is 2.36. The monoisotopic (exact) mass is 417 g/mol. The molecule has 6 heteroatoms. The van der Waals surface area contributed by atoms with Crippen LogP contribution in [0.3, 0.4) is 0 Å². The first-order chi connectivity index (χ1) is 14.7. The lowest BCUT2D eigenvalue weighted by molar-refractivity contribution is 0.0977. The van der Waals surface area contributed by atoms with Gasteiger partial charge in [-0.15, -0.1) is 0 Å². The maximum Gasteiger partial charge on any atom is 0.257 e. The number of benzene rings is 3. The fourth-order valence-electron chi connectivity index (χ4n) is 3.41. The number of rotatable bonds is 5. The smallest absolute Gasteiger partial charge is 0.257 e. The number of amides is 1. The number of ether oxygens (including phenoxy) is 1. The minimum Gasteiger partial charge on any atom is -0.455 e. The number of nitrogens with zero attached hydrogens (tertiary/aromatic N) is 1. The van der Waals surface area contributed by atoms with E-state index in [9.17, 15) is 4.79 Å². The normalized spacial score (nSPS) is 13.0. The lowest BCUT2D eigenvalue weighted by Crippen LogP contribution is -2.34. The lowest BCUT2D eigenvalue weighted by Gasteiger charge is -2.21. The van der Waals surface area contributed by atoms with Gasteiger partial charge in [0.1, 0.15) is 5.75 Å². The molecule has 0 spiro atoms. The van der Waals surface area contributed by atoms with Crippen LogP contribution in [0, 0.1) is 0 Å². The maximum atomic E-state index is 12.4. The first kappa shape index (κ1) is 19.9. The molecule has 5 nitrogen and oxygen atoms in total. The summed E-state index contributed by atoms with van der Waals surface area (Å²) in [5.74, 6) is 1.11. The first-order valence-corrected chi connectivity index (χ1v) is 10.4. The van der Waals surface area contributed by atoms with Gasteiger partial charge >= 0.3 is 0 Å². The molecule has 0 radical (unpaired) electrons. The third-order valence-corrected chi connectivity index (χ3v) is 5.12. The molecule has 3 aromatic rings. The standard InChI is InChI=1S/C24H23N3O2S/c28-23(18-9-3-1-4-10-18)26-24(30)25-21-17-19(27-15-7-8-16-27)13-14-22(21)29-20-11-5-2-6-12-20/h1-6,9-14,17H,7-8,15-16H2,(H2,25,26,28,30). The van der Waals surface area contributed by atoms with E-state index in [1.165, 1.54) is 12.8 Å². The fourth-order valence-corrected chi connectivity index (χ4v) is 3.61. The van der Waals surface area contributed by atoms with Gasteiger partial charge in [-0.2, -0.15) is 0 Å². The van der Waals surface area contributed by atoms with Crippen molar-refractivity contribution in [2.24, 2.45) is 0 Å². The quantitative estimate of drug-likeness (QED) is 0.559. The third kappa shape index (κ3) is 4.96. The highest BCUT2D eigenvalue weighted by Gasteiger charge is 2.16. The summed E-state index contributed by atoms with van der Waals surface area (Å²) in [6.45, 7) is 2.07. The van der Waals surface area contributed by atoms with E-state index in [-0.39, 0.29) is 11.0 Å². The summed E-state index contributed by atoms with van der Waals surface area (Å²) < 4.78 is 6.06. The zero-order valence-electron chi connectivity index (χ0n) is 16.5. The second kappa shape index (κ2) is 9.41. The predicted molar refractivity (Wildman–Crippen MR) is 125 cm³/mol. The summed E-state index contributed by atoms with van der Waals surface area (Å²) >= 11 is 5.40. The molecule has 1 aliphatic heterocycles. The molecule has 1 heterocycles. The highest BCUT2D eigenvalue weighted by atomic mass is 32.1. The topological polar surface area (TPSA) is 53.6 Å². The van der Waals surface area contributed by atoms with Gasteiger partial charge in [-0.25, -0.2) is 0 Å². The van der Waals surface area contributed by atoms with Crippen LogP contribution in [0.1, 0.15) is 23.2 Å². The van der Waals surface area contributed by atoms with E-state index in [2.05, 4.69) is 21.6 Å². The van der Waals surface area contributed by atoms with Crippen LogP contribution in [0.2, 0.25) is 0 Å². The Bertz CT molecular complexity index is 1020. The number of hydrogen-bond acceptors (Lipinski definition) is 4. The van der Waals surface area contributed by atoms with Crippen LogP contribution in [0.4, 0.5) is 11.4 Å². The van der Waals surface area contributed by atoms with Crippen molar-refractivity contribution in [3.63, 3.8) is 0 Å². The molecular weight excluding hydrogens is 394 g/mol. The Morgan fingerprint density at radius 1 is 0.900 bits per heavy atom. The van der Waals surface area contributed by atoms with Crippen molar-refractivity contribution >= 4 is 34.6 Å². The van der Waals surface area contributed by atoms with Gasteiger partial charge in [-0.1, -0.05) is 36.4 Å². The second-order valence-corrected chi connectivity index (χ2v) is 7.47. The van der Waals surface area contributed by atoms with Gasteiger partial charge in [-0.3, -0.25) is 10.1 Å². The van der Waals surface area contributed by atoms with E-state index < -0.39 is 0 Å². The molecule has 0 bridgehead atoms. The van der Waals surface area contributed by atoms with Gasteiger partial charge in [0, 0.05) is 24.3 Å². The van der Waals surface area contributed by atoms with Gasteiger partial charge in [0.05, 0.1) is 5.69 Å². The number of carbonyl (C=O) groups excluding carboxylic acids is 1. The van der Waals surface area contributed by atoms with Crippen molar-refractivity contribution in [2.45, 2.75) is 12.8 Å². The largest absolute Gasteiger partial charge is 0.455 e. The third-order valence-electron chi connectivity index (χ3n) is 4.92. The Hall–Kier alpha value is -3.38. The van der Waals surface area contributed by atoms with E-state index in [1.807, 2.05) is 60.7 Å². The predicted octanol–water partition coefficient (Wildman–Crippen LogP) is 5.21. The summed E-state index contributed by atoms with van der Waals surface area (Å²) in [7, 11) is 0. The average Bonchev–Trinajstić information content (AvgIpc) is 3.31. The number of anilines is 2. The van der Waals surface area contributed by atoms with Gasteiger partial charge in [0.25, 0.3) is 5.91 Å². The Morgan fingerprint density at radius 3 is 2.27 bits per heavy atom. The van der Waals surface area contributed by atoms with Crippen LogP contribution >= 0.6 is 12.2 Å². The Morgan fingerprint density at radius 2 is 1.57 bits per heavy atom. The Kier molecular flexibility index (Phi) is 6.25. The van der Waals surface area contributed by atoms with Crippen molar-refractivity contribution in [3.8, 4) is 11.5 Å². The highest BCUT2D eigenvalue weighted by molar-refractivity contribution is 7.80. The molecule has 0 atom stereocenters. The number of nitrogens with one attached hydrogen (secondary N) is 2. The summed E-state index contributed by atoms with van der Waals surface area (Å²) in [4.78, 5) is 14.8. The number of carbonyl (C=O) groups is 1. The molecule has 2 N–H and O–H groups in total. The molecule has 1 saturated heterocycles. The molecule has 1 aliphatic rings. The molecule has 0 unspecified atom stereocenters. The maximum absolute atomic E-state index is 12.4. The molecule has 0 aliphatic carbocycles. The van der Waals surface area contributed by atoms with Crippen molar-refractivity contribution in [1.29, 1.82) is 0 Å². The van der Waals surface area contributed by atoms with E-state index in [0.29, 0.717) is 17.0 Å². The van der Waals surface area contributed by atoms with E-state index >= 15 is 0 Å². The number of hydrogen-bond donors (Lipinski definition) is 2. The van der Waals surface area contributed by atoms with Crippen LogP contribution < -0.4 is 20.3 Å². The molecule has 3 aromatic carbocycles. The zero-order valence-corrected chi connectivity index (χ0v) is 17.3. The van der Waals surface area contributed by atoms with Crippen LogP contribution in [-0.2, 0) is 0 Å². The van der Waals surface area contributed by atoms with Crippen LogP contribution in [-0.4, -0.2) is 24.1 Å². The minimum absolute atomic E-state index is 0.223. The zero-order chi connectivity index (χ0) is 20.8. The fraction of sp³-hybridized carbons (Fsp3) is 0.167. The Labute approximate surface area is 181 Å². The Balaban J connectivity index is 1.54. The number of thiocarbonyl (C=S) groups is 1. The molecule has 4 rings (SSSR count). The SMILES string of the molecule is O=C(NC(=S)Nc1cc(N2CCCC2)ccc1Oc1ccccc1)c1ccccc1. The summed E-state index contributed by atoms with van der Waals surface area (Å²) in [6.07, 6.45) is 2.38. The van der Waals surface area contributed by atoms with Gasteiger partial charge in [0.2, 0.25) is 0 Å². The molecule has 0 aromatic heterocycles. The second-order valence-electron chi connectivity index (χ2n) is 7.06. The van der Waals surface area contributed by atoms with Crippen LogP contribution in [0.25, 0.3) is 0 Å². The molecule has 30 heavy (non-hydrogen) atoms. The summed E-state index contributed by atoms with van der Waals surface area (Å²) in [6, 6.07) is 24.6. The summed E-state index contributed by atoms with van der Waals surface area (Å²) in [5, 5.41) is 6.10. The lowest BCUT2D eigenvalue weighted by atomic mass is 10.2. The molecule has 1 amide bonds. The molecule has 1 fully saturated rings. The van der Waals surface area contributed by atoms with Crippen LogP contribution in [0.15, 0.2) is 78.9 Å². The van der Waals surface area contributed by atoms with Crippen molar-refractivity contribution < 1.29 is 9.53 Å². The van der Waals surface area contributed by atoms with Gasteiger partial charge in [0.15, 0.2) is 10.9 Å². The van der Waals surface area contributed by atoms with Gasteiger partial charge in [-0.05, 0) is 67.5 Å².